The summed E-state index contributed by atoms with van der Waals surface area (Å²) < 4.78 is 5.37. The van der Waals surface area contributed by atoms with Gasteiger partial charge in [0.25, 0.3) is 5.91 Å². The number of nitrogens with zero attached hydrogens (tertiary/aromatic N) is 1. The number of amides is 3. The fraction of sp³-hybridized carbons (Fsp3) is 0.348. The molecule has 1 aliphatic heterocycles. The number of benzene rings is 2. The number of urea groups is 1. The van der Waals surface area contributed by atoms with Crippen molar-refractivity contribution in [1.82, 2.24) is 10.2 Å². The molecule has 29 heavy (non-hydrogen) atoms. The first-order chi connectivity index (χ1) is 13.8. The molecule has 0 radical (unpaired) electrons. The average Bonchev–Trinajstić information content (AvgIpc) is 2.93. The molecule has 3 amide bonds. The summed E-state index contributed by atoms with van der Waals surface area (Å²) in [5, 5.41) is 2.74. The number of hydrogen-bond acceptors (Lipinski definition) is 4. The maximum atomic E-state index is 13.0. The van der Waals surface area contributed by atoms with Crippen LogP contribution >= 0.6 is 0 Å². The van der Waals surface area contributed by atoms with Gasteiger partial charge in [0.15, 0.2) is 5.78 Å². The number of carbonyl (C=O) groups excluding carboxylic acids is 3. The topological polar surface area (TPSA) is 75.7 Å². The SMILES string of the molecule is CCOc1ccc(C(=O)CN2C(=O)NC(C)(c3ccc(C(C)C)cc3)C2=O)cc1. The number of imide groups is 1. The number of Topliss-reactive ketones (excluding diaryl/α,β-unsaturated/α-hetero) is 1. The Labute approximate surface area is 170 Å². The second-order valence-corrected chi connectivity index (χ2v) is 7.60. The van der Waals surface area contributed by atoms with Gasteiger partial charge < -0.3 is 10.1 Å². The van der Waals surface area contributed by atoms with Crippen LogP contribution in [0.2, 0.25) is 0 Å². The van der Waals surface area contributed by atoms with Crippen molar-refractivity contribution in [2.75, 3.05) is 13.2 Å². The van der Waals surface area contributed by atoms with E-state index in [0.717, 1.165) is 10.5 Å². The van der Waals surface area contributed by atoms with E-state index in [1.165, 1.54) is 0 Å². The molecule has 0 spiro atoms. The molecule has 1 heterocycles. The Balaban J connectivity index is 1.76. The lowest BCUT2D eigenvalue weighted by Crippen LogP contribution is -2.41. The van der Waals surface area contributed by atoms with Crippen LogP contribution in [0.15, 0.2) is 48.5 Å². The fourth-order valence-corrected chi connectivity index (χ4v) is 3.38. The predicted octanol–water partition coefficient (Wildman–Crippen LogP) is 3.86. The first-order valence-electron chi connectivity index (χ1n) is 9.77. The zero-order chi connectivity index (χ0) is 21.2. The number of ether oxygens (including phenoxy) is 1. The minimum Gasteiger partial charge on any atom is -0.494 e. The second kappa shape index (κ2) is 8.07. The van der Waals surface area contributed by atoms with Gasteiger partial charge in [0.2, 0.25) is 0 Å². The zero-order valence-electron chi connectivity index (χ0n) is 17.2. The lowest BCUT2D eigenvalue weighted by atomic mass is 9.90. The molecule has 0 saturated carbocycles. The van der Waals surface area contributed by atoms with Crippen molar-refractivity contribution in [3.05, 3.63) is 65.2 Å². The summed E-state index contributed by atoms with van der Waals surface area (Å²) in [5.41, 5.74) is 1.07. The van der Waals surface area contributed by atoms with E-state index < -0.39 is 17.5 Å². The molecule has 2 aromatic carbocycles. The molecule has 2 aromatic rings. The molecular weight excluding hydrogens is 368 g/mol. The van der Waals surface area contributed by atoms with E-state index in [9.17, 15) is 14.4 Å². The van der Waals surface area contributed by atoms with Gasteiger partial charge in [-0.3, -0.25) is 14.5 Å². The van der Waals surface area contributed by atoms with Crippen LogP contribution in [0.25, 0.3) is 0 Å². The highest BCUT2D eigenvalue weighted by Gasteiger charge is 2.49. The largest absolute Gasteiger partial charge is 0.494 e. The molecule has 0 bridgehead atoms. The third-order valence-electron chi connectivity index (χ3n) is 5.22. The van der Waals surface area contributed by atoms with Crippen LogP contribution in [0.3, 0.4) is 0 Å². The van der Waals surface area contributed by atoms with Crippen molar-refractivity contribution in [2.45, 2.75) is 39.2 Å². The zero-order valence-corrected chi connectivity index (χ0v) is 17.2. The first kappa shape index (κ1) is 20.6. The van der Waals surface area contributed by atoms with E-state index in [-0.39, 0.29) is 12.3 Å². The third kappa shape index (κ3) is 4.01. The van der Waals surface area contributed by atoms with Gasteiger partial charge in [-0.2, -0.15) is 0 Å². The van der Waals surface area contributed by atoms with Crippen LogP contribution in [-0.4, -0.2) is 35.8 Å². The van der Waals surface area contributed by atoms with E-state index in [4.69, 9.17) is 4.74 Å². The molecule has 152 valence electrons. The van der Waals surface area contributed by atoms with Crippen molar-refractivity contribution in [2.24, 2.45) is 0 Å². The molecule has 1 fully saturated rings. The summed E-state index contributed by atoms with van der Waals surface area (Å²) in [7, 11) is 0. The molecule has 1 N–H and O–H groups in total. The van der Waals surface area contributed by atoms with Gasteiger partial charge in [-0.15, -0.1) is 0 Å². The summed E-state index contributed by atoms with van der Waals surface area (Å²) in [6.07, 6.45) is 0. The van der Waals surface area contributed by atoms with Gasteiger partial charge in [-0.1, -0.05) is 38.1 Å². The summed E-state index contributed by atoms with van der Waals surface area (Å²) in [5.74, 6) is 0.292. The second-order valence-electron chi connectivity index (χ2n) is 7.60. The van der Waals surface area contributed by atoms with Gasteiger partial charge >= 0.3 is 6.03 Å². The smallest absolute Gasteiger partial charge is 0.325 e. The van der Waals surface area contributed by atoms with Crippen molar-refractivity contribution in [1.29, 1.82) is 0 Å². The highest BCUT2D eigenvalue weighted by Crippen LogP contribution is 2.30. The number of carbonyl (C=O) groups is 3. The molecule has 1 atom stereocenters. The number of hydrogen-bond donors (Lipinski definition) is 1. The third-order valence-corrected chi connectivity index (χ3v) is 5.22. The van der Waals surface area contributed by atoms with Gasteiger partial charge in [0.1, 0.15) is 11.3 Å². The fourth-order valence-electron chi connectivity index (χ4n) is 3.38. The molecule has 3 rings (SSSR count). The summed E-state index contributed by atoms with van der Waals surface area (Å²) in [6, 6.07) is 13.7. The van der Waals surface area contributed by atoms with Gasteiger partial charge in [-0.05, 0) is 55.2 Å². The number of ketones is 1. The van der Waals surface area contributed by atoms with Crippen molar-refractivity contribution >= 4 is 17.7 Å². The average molecular weight is 394 g/mol. The molecular formula is C23H26N2O4. The van der Waals surface area contributed by atoms with Crippen LogP contribution in [0.4, 0.5) is 4.79 Å². The van der Waals surface area contributed by atoms with E-state index in [1.807, 2.05) is 31.2 Å². The molecule has 6 nitrogen and oxygen atoms in total. The van der Waals surface area contributed by atoms with Crippen LogP contribution in [-0.2, 0) is 10.3 Å². The quantitative estimate of drug-likeness (QED) is 0.572. The minimum atomic E-state index is -1.19. The Kier molecular flexibility index (Phi) is 5.73. The van der Waals surface area contributed by atoms with Crippen molar-refractivity contribution in [3.63, 3.8) is 0 Å². The highest BCUT2D eigenvalue weighted by molar-refractivity contribution is 6.11. The molecule has 1 aliphatic rings. The lowest BCUT2D eigenvalue weighted by Gasteiger charge is -2.22. The monoisotopic (exact) mass is 394 g/mol. The van der Waals surface area contributed by atoms with Crippen molar-refractivity contribution < 1.29 is 19.1 Å². The van der Waals surface area contributed by atoms with Crippen LogP contribution in [0.1, 0.15) is 55.1 Å². The van der Waals surface area contributed by atoms with Gasteiger partial charge in [-0.25, -0.2) is 4.79 Å². The molecule has 1 unspecified atom stereocenters. The Bertz CT molecular complexity index is 919. The van der Waals surface area contributed by atoms with Crippen LogP contribution in [0, 0.1) is 0 Å². The van der Waals surface area contributed by atoms with Gasteiger partial charge in [0.05, 0.1) is 13.2 Å². The van der Waals surface area contributed by atoms with E-state index in [2.05, 4.69) is 19.2 Å². The normalized spacial score (nSPS) is 18.9. The van der Waals surface area contributed by atoms with Crippen LogP contribution in [0.5, 0.6) is 5.75 Å². The Morgan fingerprint density at radius 1 is 1.07 bits per heavy atom. The lowest BCUT2D eigenvalue weighted by molar-refractivity contribution is -0.130. The molecule has 0 aliphatic carbocycles. The summed E-state index contributed by atoms with van der Waals surface area (Å²) in [4.78, 5) is 39.1. The molecule has 6 heteroatoms. The molecule has 0 aromatic heterocycles. The van der Waals surface area contributed by atoms with E-state index >= 15 is 0 Å². The van der Waals surface area contributed by atoms with Crippen molar-refractivity contribution in [3.8, 4) is 5.75 Å². The maximum Gasteiger partial charge on any atom is 0.325 e. The maximum absolute atomic E-state index is 13.0. The summed E-state index contributed by atoms with van der Waals surface area (Å²) >= 11 is 0. The van der Waals surface area contributed by atoms with Crippen LogP contribution < -0.4 is 10.1 Å². The van der Waals surface area contributed by atoms with E-state index in [0.29, 0.717) is 29.4 Å². The Morgan fingerprint density at radius 2 is 1.69 bits per heavy atom. The Morgan fingerprint density at radius 3 is 2.24 bits per heavy atom. The summed E-state index contributed by atoms with van der Waals surface area (Å²) in [6.45, 7) is 7.95. The predicted molar refractivity (Wildman–Crippen MR) is 110 cm³/mol. The standard InChI is InChI=1S/C23H26N2O4/c1-5-29-19-12-8-17(9-13-19)20(26)14-25-21(27)23(4,24-22(25)28)18-10-6-16(7-11-18)15(2)3/h6-13,15H,5,14H2,1-4H3,(H,24,28). The van der Waals surface area contributed by atoms with Gasteiger partial charge in [0, 0.05) is 5.56 Å². The number of rotatable bonds is 7. The van der Waals surface area contributed by atoms with E-state index in [1.54, 1.807) is 31.2 Å². The Hall–Kier alpha value is -3.15. The highest BCUT2D eigenvalue weighted by atomic mass is 16.5. The minimum absolute atomic E-state index is 0.307. The first-order valence-corrected chi connectivity index (χ1v) is 9.77. The number of nitrogens with one attached hydrogen (secondary N) is 1. The molecule has 1 saturated heterocycles.